The van der Waals surface area contributed by atoms with Crippen molar-refractivity contribution in [1.29, 1.82) is 0 Å². The summed E-state index contributed by atoms with van der Waals surface area (Å²) in [5.41, 5.74) is 1.55. The third-order valence-electron chi connectivity index (χ3n) is 2.78. The van der Waals surface area contributed by atoms with Crippen molar-refractivity contribution in [3.63, 3.8) is 0 Å². The summed E-state index contributed by atoms with van der Waals surface area (Å²) in [6.07, 6.45) is 6.40. The van der Waals surface area contributed by atoms with Crippen LogP contribution in [0.2, 0.25) is 0 Å². The van der Waals surface area contributed by atoms with Crippen LogP contribution in [0.3, 0.4) is 0 Å². The van der Waals surface area contributed by atoms with Gasteiger partial charge in [-0.05, 0) is 26.3 Å². The normalized spacial score (nSPS) is 32.0. The van der Waals surface area contributed by atoms with Crippen LogP contribution in [0.1, 0.15) is 19.3 Å². The molecule has 2 aliphatic rings. The number of hydrogen-bond donors (Lipinski definition) is 0. The molecule has 1 unspecified atom stereocenters. The highest BCUT2D eigenvalue weighted by molar-refractivity contribution is 5.16. The number of rotatable bonds is 0. The lowest BCUT2D eigenvalue weighted by Gasteiger charge is -2.22. The quantitative estimate of drug-likeness (QED) is 0.515. The van der Waals surface area contributed by atoms with Gasteiger partial charge in [-0.15, -0.1) is 0 Å². The number of nitrogens with zero attached hydrogens (tertiary/aromatic N) is 2. The predicted octanol–water partition coefficient (Wildman–Crippen LogP) is 1.26. The van der Waals surface area contributed by atoms with Gasteiger partial charge in [-0.1, -0.05) is 6.08 Å². The predicted molar refractivity (Wildman–Crippen MR) is 46.1 cm³/mol. The smallest absolute Gasteiger partial charge is 0.0704 e. The minimum absolute atomic E-state index is 0.730. The summed E-state index contributed by atoms with van der Waals surface area (Å²) in [5.74, 6) is 0. The zero-order chi connectivity index (χ0) is 7.84. The Hall–Kier alpha value is -0.500. The lowest BCUT2D eigenvalue weighted by Crippen LogP contribution is -2.26. The first-order valence-corrected chi connectivity index (χ1v) is 4.40. The van der Waals surface area contributed by atoms with Crippen LogP contribution in [0, 0.1) is 0 Å². The molecule has 1 saturated heterocycles. The van der Waals surface area contributed by atoms with Gasteiger partial charge in [-0.2, -0.15) is 0 Å². The molecule has 2 heteroatoms. The largest absolute Gasteiger partial charge is 0.364 e. The second-order valence-electron chi connectivity index (χ2n) is 3.67. The molecule has 1 atom stereocenters. The first kappa shape index (κ1) is 7.17. The zero-order valence-corrected chi connectivity index (χ0v) is 7.38. The van der Waals surface area contributed by atoms with Gasteiger partial charge in [0, 0.05) is 12.7 Å². The summed E-state index contributed by atoms with van der Waals surface area (Å²) in [4.78, 5) is 4.80. The minimum Gasteiger partial charge on any atom is -0.364 e. The van der Waals surface area contributed by atoms with Crippen molar-refractivity contribution in [1.82, 2.24) is 9.80 Å². The van der Waals surface area contributed by atoms with Crippen molar-refractivity contribution in [2.24, 2.45) is 0 Å². The Morgan fingerprint density at radius 2 is 2.27 bits per heavy atom. The van der Waals surface area contributed by atoms with E-state index in [1.807, 2.05) is 0 Å². The lowest BCUT2D eigenvalue weighted by molar-refractivity contribution is 0.276. The van der Waals surface area contributed by atoms with Crippen LogP contribution in [0.25, 0.3) is 0 Å². The number of hydrogen-bond acceptors (Lipinski definition) is 2. The molecule has 0 bridgehead atoms. The first-order valence-electron chi connectivity index (χ1n) is 4.40. The number of fused-ring (bicyclic) bond motifs is 1. The summed E-state index contributed by atoms with van der Waals surface area (Å²) >= 11 is 0. The molecule has 1 heterocycles. The highest BCUT2D eigenvalue weighted by Crippen LogP contribution is 2.29. The van der Waals surface area contributed by atoms with E-state index in [1.54, 1.807) is 5.70 Å². The van der Waals surface area contributed by atoms with E-state index < -0.39 is 0 Å². The molecule has 0 aromatic rings. The maximum atomic E-state index is 2.44. The van der Waals surface area contributed by atoms with Gasteiger partial charge in [0.2, 0.25) is 0 Å². The molecule has 0 spiro atoms. The molecule has 0 amide bonds. The molecule has 11 heavy (non-hydrogen) atoms. The van der Waals surface area contributed by atoms with Gasteiger partial charge in [0.05, 0.1) is 12.7 Å². The highest BCUT2D eigenvalue weighted by atomic mass is 15.4. The van der Waals surface area contributed by atoms with Crippen molar-refractivity contribution < 1.29 is 0 Å². The summed E-state index contributed by atoms with van der Waals surface area (Å²) in [6, 6.07) is 0.730. The molecule has 1 fully saturated rings. The standard InChI is InChI=1S/C9H16N2/c1-10-7-11(2)9-6-4-3-5-8(9)10/h5,9H,3-4,6-7H2,1-2H3. The van der Waals surface area contributed by atoms with Gasteiger partial charge in [-0.3, -0.25) is 4.90 Å². The fourth-order valence-electron chi connectivity index (χ4n) is 2.22. The fraction of sp³-hybridized carbons (Fsp3) is 0.778. The van der Waals surface area contributed by atoms with Crippen LogP contribution in [0.5, 0.6) is 0 Å². The molecule has 62 valence electrons. The second-order valence-corrected chi connectivity index (χ2v) is 3.67. The summed E-state index contributed by atoms with van der Waals surface area (Å²) in [6.45, 7) is 1.11. The van der Waals surface area contributed by atoms with Gasteiger partial charge in [-0.25, -0.2) is 0 Å². The molecule has 0 radical (unpaired) electrons. The van der Waals surface area contributed by atoms with E-state index in [9.17, 15) is 0 Å². The molecular formula is C9H16N2. The monoisotopic (exact) mass is 152 g/mol. The molecular weight excluding hydrogens is 136 g/mol. The Morgan fingerprint density at radius 3 is 3.00 bits per heavy atom. The third-order valence-corrected chi connectivity index (χ3v) is 2.78. The van der Waals surface area contributed by atoms with E-state index >= 15 is 0 Å². The van der Waals surface area contributed by atoms with E-state index in [1.165, 1.54) is 19.3 Å². The maximum Gasteiger partial charge on any atom is 0.0704 e. The molecule has 1 aliphatic carbocycles. The fourth-order valence-corrected chi connectivity index (χ4v) is 2.22. The van der Waals surface area contributed by atoms with Crippen molar-refractivity contribution in [3.05, 3.63) is 11.8 Å². The van der Waals surface area contributed by atoms with E-state index in [2.05, 4.69) is 30.0 Å². The third kappa shape index (κ3) is 1.06. The van der Waals surface area contributed by atoms with Gasteiger partial charge in [0.1, 0.15) is 0 Å². The molecule has 2 rings (SSSR count). The molecule has 0 saturated carbocycles. The highest BCUT2D eigenvalue weighted by Gasteiger charge is 2.30. The van der Waals surface area contributed by atoms with Crippen LogP contribution >= 0.6 is 0 Å². The Morgan fingerprint density at radius 1 is 1.45 bits per heavy atom. The van der Waals surface area contributed by atoms with E-state index in [-0.39, 0.29) is 0 Å². The van der Waals surface area contributed by atoms with Crippen LogP contribution in [-0.2, 0) is 0 Å². The Kier molecular flexibility index (Phi) is 1.64. The van der Waals surface area contributed by atoms with Gasteiger partial charge < -0.3 is 4.90 Å². The first-order chi connectivity index (χ1) is 5.29. The van der Waals surface area contributed by atoms with E-state index in [0.717, 1.165) is 12.7 Å². The number of likely N-dealkylation sites (N-methyl/N-ethyl adjacent to an activating group) is 2. The molecule has 2 nitrogen and oxygen atoms in total. The van der Waals surface area contributed by atoms with Crippen molar-refractivity contribution in [2.45, 2.75) is 25.3 Å². The SMILES string of the molecule is CN1CN(C)C2CCCC=C21. The van der Waals surface area contributed by atoms with Crippen molar-refractivity contribution in [2.75, 3.05) is 20.8 Å². The van der Waals surface area contributed by atoms with Crippen LogP contribution in [0.4, 0.5) is 0 Å². The van der Waals surface area contributed by atoms with Gasteiger partial charge in [0.15, 0.2) is 0 Å². The Labute approximate surface area is 68.5 Å². The van der Waals surface area contributed by atoms with Gasteiger partial charge >= 0.3 is 0 Å². The summed E-state index contributed by atoms with van der Waals surface area (Å²) < 4.78 is 0. The van der Waals surface area contributed by atoms with Crippen LogP contribution < -0.4 is 0 Å². The maximum absolute atomic E-state index is 2.44. The topological polar surface area (TPSA) is 6.48 Å². The summed E-state index contributed by atoms with van der Waals surface area (Å²) in [5, 5.41) is 0. The van der Waals surface area contributed by atoms with E-state index in [4.69, 9.17) is 0 Å². The molecule has 1 aliphatic heterocycles. The Bertz CT molecular complexity index is 186. The van der Waals surface area contributed by atoms with Gasteiger partial charge in [0.25, 0.3) is 0 Å². The number of allylic oxidation sites excluding steroid dienone is 1. The van der Waals surface area contributed by atoms with Crippen LogP contribution in [0.15, 0.2) is 11.8 Å². The zero-order valence-electron chi connectivity index (χ0n) is 7.38. The molecule has 0 aromatic heterocycles. The molecule has 0 N–H and O–H groups in total. The summed E-state index contributed by atoms with van der Waals surface area (Å²) in [7, 11) is 4.40. The molecule has 0 aromatic carbocycles. The minimum atomic E-state index is 0.730. The second kappa shape index (κ2) is 2.52. The average molecular weight is 152 g/mol. The van der Waals surface area contributed by atoms with E-state index in [0.29, 0.717) is 0 Å². The Balaban J connectivity index is 2.22. The van der Waals surface area contributed by atoms with Crippen LogP contribution in [-0.4, -0.2) is 36.6 Å². The average Bonchev–Trinajstić information content (AvgIpc) is 2.30. The van der Waals surface area contributed by atoms with Crippen molar-refractivity contribution in [3.8, 4) is 0 Å². The lowest BCUT2D eigenvalue weighted by atomic mass is 9.99. The van der Waals surface area contributed by atoms with Crippen molar-refractivity contribution >= 4 is 0 Å².